The first-order valence-electron chi connectivity index (χ1n) is 7.34. The number of aromatic amines is 1. The third kappa shape index (κ3) is 2.91. The Morgan fingerprint density at radius 1 is 1.24 bits per heavy atom. The summed E-state index contributed by atoms with van der Waals surface area (Å²) in [5.74, 6) is 0.798. The molecule has 0 bridgehead atoms. The number of anilines is 2. The van der Waals surface area contributed by atoms with Crippen LogP contribution in [0.3, 0.4) is 0 Å². The number of benzene rings is 1. The molecule has 1 aliphatic rings. The van der Waals surface area contributed by atoms with E-state index in [9.17, 15) is 4.79 Å². The molecular weight excluding hydrogens is 264 g/mol. The Kier molecular flexibility index (Phi) is 3.64. The number of hydrogen-bond acceptors (Lipinski definition) is 4. The van der Waals surface area contributed by atoms with Gasteiger partial charge in [0.2, 0.25) is 0 Å². The van der Waals surface area contributed by atoms with E-state index in [4.69, 9.17) is 5.73 Å². The zero-order chi connectivity index (χ0) is 14.8. The SMILES string of the molecule is CC1CCN(c2ccc(-c3ccc(=O)[nH]n3)cc2N)CC1. The van der Waals surface area contributed by atoms with Crippen LogP contribution < -0.4 is 16.2 Å². The van der Waals surface area contributed by atoms with E-state index in [1.165, 1.54) is 18.9 Å². The van der Waals surface area contributed by atoms with Gasteiger partial charge >= 0.3 is 0 Å². The third-order valence-corrected chi connectivity index (χ3v) is 4.13. The Morgan fingerprint density at radius 2 is 2.00 bits per heavy atom. The number of aromatic nitrogens is 2. The summed E-state index contributed by atoms with van der Waals surface area (Å²) in [6, 6.07) is 9.15. The predicted octanol–water partition coefficient (Wildman–Crippen LogP) is 2.26. The third-order valence-electron chi connectivity index (χ3n) is 4.13. The van der Waals surface area contributed by atoms with Crippen molar-refractivity contribution in [3.05, 3.63) is 40.7 Å². The lowest BCUT2D eigenvalue weighted by molar-refractivity contribution is 0.439. The van der Waals surface area contributed by atoms with Gasteiger partial charge in [-0.25, -0.2) is 5.10 Å². The normalized spacial score (nSPS) is 16.1. The molecule has 5 heteroatoms. The molecule has 1 aliphatic heterocycles. The van der Waals surface area contributed by atoms with Crippen molar-refractivity contribution in [1.29, 1.82) is 0 Å². The van der Waals surface area contributed by atoms with Gasteiger partial charge in [-0.15, -0.1) is 0 Å². The average Bonchev–Trinajstić information content (AvgIpc) is 2.49. The summed E-state index contributed by atoms with van der Waals surface area (Å²) in [6.45, 7) is 4.41. The molecule has 0 amide bonds. The molecule has 0 unspecified atom stereocenters. The van der Waals surface area contributed by atoms with Gasteiger partial charge in [0.1, 0.15) is 0 Å². The maximum absolute atomic E-state index is 11.1. The number of nitrogens with two attached hydrogens (primary N) is 1. The second-order valence-electron chi connectivity index (χ2n) is 5.75. The molecular formula is C16H20N4O. The number of H-pyrrole nitrogens is 1. The standard InChI is InChI=1S/C16H20N4O/c1-11-6-8-20(9-7-11)15-4-2-12(10-13(15)17)14-3-5-16(21)19-18-14/h2-5,10-11H,6-9,17H2,1H3,(H,19,21). The van der Waals surface area contributed by atoms with Crippen LogP contribution in [0.25, 0.3) is 11.3 Å². The van der Waals surface area contributed by atoms with Gasteiger partial charge in [0.15, 0.2) is 0 Å². The van der Waals surface area contributed by atoms with E-state index >= 15 is 0 Å². The molecule has 0 atom stereocenters. The molecule has 1 saturated heterocycles. The van der Waals surface area contributed by atoms with Crippen LogP contribution >= 0.6 is 0 Å². The van der Waals surface area contributed by atoms with Crippen molar-refractivity contribution in [3.8, 4) is 11.3 Å². The minimum atomic E-state index is -0.203. The summed E-state index contributed by atoms with van der Waals surface area (Å²) in [6.07, 6.45) is 2.42. The number of hydrogen-bond donors (Lipinski definition) is 2. The highest BCUT2D eigenvalue weighted by molar-refractivity contribution is 5.75. The van der Waals surface area contributed by atoms with Crippen molar-refractivity contribution in [2.75, 3.05) is 23.7 Å². The second kappa shape index (κ2) is 5.60. The Balaban J connectivity index is 1.86. The van der Waals surface area contributed by atoms with Crippen molar-refractivity contribution < 1.29 is 0 Å². The van der Waals surface area contributed by atoms with E-state index in [2.05, 4.69) is 22.0 Å². The maximum atomic E-state index is 11.1. The number of nitrogens with zero attached hydrogens (tertiary/aromatic N) is 2. The van der Waals surface area contributed by atoms with Crippen LogP contribution in [0.4, 0.5) is 11.4 Å². The molecule has 0 aliphatic carbocycles. The Morgan fingerprint density at radius 3 is 2.62 bits per heavy atom. The monoisotopic (exact) mass is 284 g/mol. The topological polar surface area (TPSA) is 75.0 Å². The molecule has 21 heavy (non-hydrogen) atoms. The van der Waals surface area contributed by atoms with E-state index in [0.29, 0.717) is 0 Å². The molecule has 1 aromatic carbocycles. The number of nitrogens with one attached hydrogen (secondary N) is 1. The number of piperidine rings is 1. The first-order valence-corrected chi connectivity index (χ1v) is 7.34. The fourth-order valence-corrected chi connectivity index (χ4v) is 2.76. The largest absolute Gasteiger partial charge is 0.397 e. The Hall–Kier alpha value is -2.30. The van der Waals surface area contributed by atoms with E-state index < -0.39 is 0 Å². The highest BCUT2D eigenvalue weighted by Gasteiger charge is 2.18. The predicted molar refractivity (Wildman–Crippen MR) is 85.3 cm³/mol. The van der Waals surface area contributed by atoms with Gasteiger partial charge in [0.05, 0.1) is 17.1 Å². The van der Waals surface area contributed by atoms with Crippen molar-refractivity contribution in [1.82, 2.24) is 10.2 Å². The minimum absolute atomic E-state index is 0.203. The van der Waals surface area contributed by atoms with Crippen LogP contribution in [0, 0.1) is 5.92 Å². The molecule has 1 aromatic heterocycles. The fourth-order valence-electron chi connectivity index (χ4n) is 2.76. The fraction of sp³-hybridized carbons (Fsp3) is 0.375. The molecule has 0 spiro atoms. The Labute approximate surface area is 123 Å². The highest BCUT2D eigenvalue weighted by atomic mass is 16.1. The zero-order valence-corrected chi connectivity index (χ0v) is 12.2. The minimum Gasteiger partial charge on any atom is -0.397 e. The van der Waals surface area contributed by atoms with Crippen molar-refractivity contribution in [2.24, 2.45) is 5.92 Å². The van der Waals surface area contributed by atoms with Gasteiger partial charge in [-0.1, -0.05) is 13.0 Å². The summed E-state index contributed by atoms with van der Waals surface area (Å²) in [7, 11) is 0. The molecule has 0 saturated carbocycles. The van der Waals surface area contributed by atoms with Crippen molar-refractivity contribution in [2.45, 2.75) is 19.8 Å². The lowest BCUT2D eigenvalue weighted by Gasteiger charge is -2.33. The van der Waals surface area contributed by atoms with Crippen LogP contribution in [0.5, 0.6) is 0 Å². The van der Waals surface area contributed by atoms with Crippen LogP contribution in [0.1, 0.15) is 19.8 Å². The second-order valence-corrected chi connectivity index (χ2v) is 5.75. The van der Waals surface area contributed by atoms with Crippen molar-refractivity contribution in [3.63, 3.8) is 0 Å². The molecule has 2 heterocycles. The number of rotatable bonds is 2. The van der Waals surface area contributed by atoms with Crippen molar-refractivity contribution >= 4 is 11.4 Å². The van der Waals surface area contributed by atoms with E-state index in [1.54, 1.807) is 6.07 Å². The van der Waals surface area contributed by atoms with Gasteiger partial charge in [-0.2, -0.15) is 5.10 Å². The summed E-state index contributed by atoms with van der Waals surface area (Å²) in [4.78, 5) is 13.4. The molecule has 5 nitrogen and oxygen atoms in total. The van der Waals surface area contributed by atoms with Crippen LogP contribution in [-0.4, -0.2) is 23.3 Å². The summed E-state index contributed by atoms with van der Waals surface area (Å²) < 4.78 is 0. The first-order chi connectivity index (χ1) is 10.1. The summed E-state index contributed by atoms with van der Waals surface area (Å²) in [5, 5.41) is 6.48. The summed E-state index contributed by atoms with van der Waals surface area (Å²) in [5.41, 5.74) is 9.50. The maximum Gasteiger partial charge on any atom is 0.264 e. The molecule has 3 N–H and O–H groups in total. The Bertz CT molecular complexity index is 666. The van der Waals surface area contributed by atoms with Gasteiger partial charge in [-0.05, 0) is 37.0 Å². The van der Waals surface area contributed by atoms with Gasteiger partial charge in [0.25, 0.3) is 5.56 Å². The quantitative estimate of drug-likeness (QED) is 0.829. The molecule has 2 aromatic rings. The number of nitrogen functional groups attached to an aromatic ring is 1. The lowest BCUT2D eigenvalue weighted by Crippen LogP contribution is -2.33. The van der Waals surface area contributed by atoms with Crippen LogP contribution in [-0.2, 0) is 0 Å². The smallest absolute Gasteiger partial charge is 0.264 e. The van der Waals surface area contributed by atoms with Gasteiger partial charge < -0.3 is 10.6 Å². The van der Waals surface area contributed by atoms with Crippen LogP contribution in [0.2, 0.25) is 0 Å². The summed E-state index contributed by atoms with van der Waals surface area (Å²) >= 11 is 0. The highest BCUT2D eigenvalue weighted by Crippen LogP contribution is 2.31. The zero-order valence-electron chi connectivity index (χ0n) is 12.2. The average molecular weight is 284 g/mol. The molecule has 3 rings (SSSR count). The molecule has 110 valence electrons. The van der Waals surface area contributed by atoms with E-state index in [0.717, 1.165) is 41.6 Å². The van der Waals surface area contributed by atoms with E-state index in [-0.39, 0.29) is 5.56 Å². The first kappa shape index (κ1) is 13.7. The molecule has 1 fully saturated rings. The lowest BCUT2D eigenvalue weighted by atomic mass is 9.98. The van der Waals surface area contributed by atoms with Crippen LogP contribution in [0.15, 0.2) is 35.1 Å². The van der Waals surface area contributed by atoms with Gasteiger partial charge in [0, 0.05) is 24.7 Å². The van der Waals surface area contributed by atoms with Gasteiger partial charge in [-0.3, -0.25) is 4.79 Å². The molecule has 0 radical (unpaired) electrons. The van der Waals surface area contributed by atoms with E-state index in [1.807, 2.05) is 18.2 Å².